The van der Waals surface area contributed by atoms with Crippen molar-refractivity contribution >= 4 is 17.5 Å². The van der Waals surface area contributed by atoms with Crippen molar-refractivity contribution in [3.63, 3.8) is 0 Å². The van der Waals surface area contributed by atoms with Crippen molar-refractivity contribution < 1.29 is 9.53 Å². The van der Waals surface area contributed by atoms with Crippen molar-refractivity contribution in [2.24, 2.45) is 5.92 Å². The van der Waals surface area contributed by atoms with Crippen LogP contribution in [0.4, 0.5) is 16.2 Å². The van der Waals surface area contributed by atoms with Gasteiger partial charge in [0, 0.05) is 17.9 Å². The van der Waals surface area contributed by atoms with Crippen LogP contribution >= 0.6 is 0 Å². The normalized spacial score (nSPS) is 11.3. The Kier molecular flexibility index (Phi) is 5.86. The zero-order chi connectivity index (χ0) is 15.2. The fourth-order valence-electron chi connectivity index (χ4n) is 1.60. The fourth-order valence-corrected chi connectivity index (χ4v) is 1.60. The molecule has 1 amide bonds. The van der Waals surface area contributed by atoms with E-state index in [1.807, 2.05) is 45.0 Å². The fraction of sp³-hybridized carbons (Fsp3) is 0.562. The standard InChI is InChI=1S/C16H26N2O2/c1-12(2)10-11-17-13-6-8-14(9-7-13)18-15(19)20-16(3,4)5/h6-9,12,17H,10-11H2,1-5H3,(H,18,19). The SMILES string of the molecule is CC(C)CCNc1ccc(NC(=O)OC(C)(C)C)cc1. The highest BCUT2D eigenvalue weighted by Gasteiger charge is 2.15. The van der Waals surface area contributed by atoms with Crippen molar-refractivity contribution in [2.75, 3.05) is 17.2 Å². The Labute approximate surface area is 121 Å². The number of hydrogen-bond donors (Lipinski definition) is 2. The molecule has 4 heteroatoms. The zero-order valence-corrected chi connectivity index (χ0v) is 13.1. The van der Waals surface area contributed by atoms with Gasteiger partial charge in [0.1, 0.15) is 5.60 Å². The maximum absolute atomic E-state index is 11.6. The summed E-state index contributed by atoms with van der Waals surface area (Å²) in [4.78, 5) is 11.6. The number of rotatable bonds is 5. The van der Waals surface area contributed by atoms with Crippen molar-refractivity contribution in [3.05, 3.63) is 24.3 Å². The summed E-state index contributed by atoms with van der Waals surface area (Å²) < 4.78 is 5.20. The molecule has 0 aromatic heterocycles. The monoisotopic (exact) mass is 278 g/mol. The molecule has 0 fully saturated rings. The number of amides is 1. The van der Waals surface area contributed by atoms with Gasteiger partial charge in [0.15, 0.2) is 0 Å². The average Bonchev–Trinajstić information content (AvgIpc) is 2.28. The summed E-state index contributed by atoms with van der Waals surface area (Å²) >= 11 is 0. The first-order valence-corrected chi connectivity index (χ1v) is 7.10. The molecule has 0 spiro atoms. The first-order chi connectivity index (χ1) is 9.26. The van der Waals surface area contributed by atoms with E-state index >= 15 is 0 Å². The minimum absolute atomic E-state index is 0.432. The molecular weight excluding hydrogens is 252 g/mol. The van der Waals surface area contributed by atoms with Crippen LogP contribution in [-0.4, -0.2) is 18.2 Å². The molecule has 0 aliphatic carbocycles. The molecule has 0 heterocycles. The molecule has 1 aromatic rings. The van der Waals surface area contributed by atoms with E-state index < -0.39 is 11.7 Å². The van der Waals surface area contributed by atoms with Crippen LogP contribution in [0.3, 0.4) is 0 Å². The molecule has 1 rings (SSSR count). The minimum atomic E-state index is -0.484. The van der Waals surface area contributed by atoms with Gasteiger partial charge in [-0.3, -0.25) is 5.32 Å². The van der Waals surface area contributed by atoms with E-state index in [0.717, 1.165) is 24.3 Å². The lowest BCUT2D eigenvalue weighted by molar-refractivity contribution is 0.0636. The van der Waals surface area contributed by atoms with Gasteiger partial charge in [-0.25, -0.2) is 4.79 Å². The van der Waals surface area contributed by atoms with Crippen LogP contribution in [0, 0.1) is 5.92 Å². The summed E-state index contributed by atoms with van der Waals surface area (Å²) in [6.45, 7) is 10.9. The van der Waals surface area contributed by atoms with E-state index in [2.05, 4.69) is 24.5 Å². The molecule has 0 aliphatic rings. The van der Waals surface area contributed by atoms with Gasteiger partial charge in [-0.1, -0.05) is 13.8 Å². The number of carbonyl (C=O) groups excluding carboxylic acids is 1. The molecule has 0 bridgehead atoms. The Bertz CT molecular complexity index is 419. The van der Waals surface area contributed by atoms with Crippen LogP contribution in [0.15, 0.2) is 24.3 Å². The Hall–Kier alpha value is -1.71. The maximum atomic E-state index is 11.6. The summed E-state index contributed by atoms with van der Waals surface area (Å²) in [7, 11) is 0. The predicted molar refractivity (Wildman–Crippen MR) is 84.2 cm³/mol. The van der Waals surface area contributed by atoms with Crippen LogP contribution in [0.2, 0.25) is 0 Å². The van der Waals surface area contributed by atoms with Gasteiger partial charge in [0.05, 0.1) is 0 Å². The van der Waals surface area contributed by atoms with Gasteiger partial charge < -0.3 is 10.1 Å². The number of hydrogen-bond acceptors (Lipinski definition) is 3. The molecule has 112 valence electrons. The van der Waals surface area contributed by atoms with E-state index in [1.54, 1.807) is 0 Å². The van der Waals surface area contributed by atoms with Gasteiger partial charge in [0.2, 0.25) is 0 Å². The summed E-state index contributed by atoms with van der Waals surface area (Å²) in [5.74, 6) is 0.690. The molecule has 0 atom stereocenters. The molecular formula is C16H26N2O2. The molecule has 0 saturated carbocycles. The molecule has 0 aliphatic heterocycles. The highest BCUT2D eigenvalue weighted by atomic mass is 16.6. The lowest BCUT2D eigenvalue weighted by Crippen LogP contribution is -2.27. The topological polar surface area (TPSA) is 50.4 Å². The second kappa shape index (κ2) is 7.17. The van der Waals surface area contributed by atoms with E-state index in [1.165, 1.54) is 0 Å². The quantitative estimate of drug-likeness (QED) is 0.834. The minimum Gasteiger partial charge on any atom is -0.444 e. The summed E-state index contributed by atoms with van der Waals surface area (Å²) in [5.41, 5.74) is 1.30. The van der Waals surface area contributed by atoms with E-state index in [9.17, 15) is 4.79 Å². The van der Waals surface area contributed by atoms with Crippen LogP contribution in [0.5, 0.6) is 0 Å². The third kappa shape index (κ3) is 7.02. The predicted octanol–water partition coefficient (Wildman–Crippen LogP) is 4.49. The van der Waals surface area contributed by atoms with Gasteiger partial charge in [0.25, 0.3) is 0 Å². The van der Waals surface area contributed by atoms with Gasteiger partial charge in [-0.2, -0.15) is 0 Å². The number of anilines is 2. The average molecular weight is 278 g/mol. The molecule has 0 radical (unpaired) electrons. The number of nitrogens with one attached hydrogen (secondary N) is 2. The number of ether oxygens (including phenoxy) is 1. The van der Waals surface area contributed by atoms with Crippen molar-refractivity contribution in [3.8, 4) is 0 Å². The highest BCUT2D eigenvalue weighted by Crippen LogP contribution is 2.15. The molecule has 20 heavy (non-hydrogen) atoms. The largest absolute Gasteiger partial charge is 0.444 e. The molecule has 1 aromatic carbocycles. The second-order valence-corrected chi connectivity index (χ2v) is 6.31. The number of carbonyl (C=O) groups is 1. The Morgan fingerprint density at radius 2 is 1.70 bits per heavy atom. The van der Waals surface area contributed by atoms with Gasteiger partial charge >= 0.3 is 6.09 Å². The first kappa shape index (κ1) is 16.3. The maximum Gasteiger partial charge on any atom is 0.412 e. The third-order valence-electron chi connectivity index (χ3n) is 2.58. The second-order valence-electron chi connectivity index (χ2n) is 6.31. The van der Waals surface area contributed by atoms with Gasteiger partial charge in [-0.05, 0) is 57.4 Å². The Morgan fingerprint density at radius 3 is 2.20 bits per heavy atom. The van der Waals surface area contributed by atoms with Crippen LogP contribution in [0.1, 0.15) is 41.0 Å². The van der Waals surface area contributed by atoms with Crippen LogP contribution in [-0.2, 0) is 4.74 Å². The highest BCUT2D eigenvalue weighted by molar-refractivity contribution is 5.85. The van der Waals surface area contributed by atoms with Crippen LogP contribution < -0.4 is 10.6 Å². The van der Waals surface area contributed by atoms with E-state index in [0.29, 0.717) is 5.92 Å². The first-order valence-electron chi connectivity index (χ1n) is 7.10. The molecule has 0 unspecified atom stereocenters. The van der Waals surface area contributed by atoms with Crippen molar-refractivity contribution in [2.45, 2.75) is 46.6 Å². The summed E-state index contributed by atoms with van der Waals surface area (Å²) in [6.07, 6.45) is 0.704. The van der Waals surface area contributed by atoms with Crippen molar-refractivity contribution in [1.82, 2.24) is 0 Å². The lowest BCUT2D eigenvalue weighted by atomic mass is 10.1. The molecule has 2 N–H and O–H groups in total. The van der Waals surface area contributed by atoms with Crippen LogP contribution in [0.25, 0.3) is 0 Å². The summed E-state index contributed by atoms with van der Waals surface area (Å²) in [5, 5.41) is 6.06. The lowest BCUT2D eigenvalue weighted by Gasteiger charge is -2.19. The van der Waals surface area contributed by atoms with Crippen molar-refractivity contribution in [1.29, 1.82) is 0 Å². The molecule has 0 saturated heterocycles. The Balaban J connectivity index is 2.44. The molecule has 4 nitrogen and oxygen atoms in total. The smallest absolute Gasteiger partial charge is 0.412 e. The van der Waals surface area contributed by atoms with Gasteiger partial charge in [-0.15, -0.1) is 0 Å². The zero-order valence-electron chi connectivity index (χ0n) is 13.1. The van der Waals surface area contributed by atoms with E-state index in [4.69, 9.17) is 4.74 Å². The van der Waals surface area contributed by atoms with E-state index in [-0.39, 0.29) is 0 Å². The number of benzene rings is 1. The Morgan fingerprint density at radius 1 is 1.15 bits per heavy atom. The third-order valence-corrected chi connectivity index (χ3v) is 2.58. The summed E-state index contributed by atoms with van der Waals surface area (Å²) in [6, 6.07) is 7.63.